The lowest BCUT2D eigenvalue weighted by molar-refractivity contribution is 1.26. The average Bonchev–Trinajstić information content (AvgIpc) is 2.03. The SMILES string of the molecule is C=C(Cl)/C(=C\C(Cl)=C/C)CC#N. The first kappa shape index (κ1) is 11.3. The first-order valence-corrected chi connectivity index (χ1v) is 4.11. The Bertz CT molecular complexity index is 269. The van der Waals surface area contributed by atoms with Crippen LogP contribution in [-0.4, -0.2) is 0 Å². The molecule has 0 heterocycles. The van der Waals surface area contributed by atoms with Gasteiger partial charge in [0.25, 0.3) is 0 Å². The van der Waals surface area contributed by atoms with E-state index >= 15 is 0 Å². The molecule has 64 valence electrons. The molecule has 0 amide bonds. The lowest BCUT2D eigenvalue weighted by atomic mass is 10.2. The zero-order chi connectivity index (χ0) is 9.56. The van der Waals surface area contributed by atoms with Crippen LogP contribution in [0.3, 0.4) is 0 Å². The van der Waals surface area contributed by atoms with Crippen LogP contribution in [0.25, 0.3) is 0 Å². The topological polar surface area (TPSA) is 23.8 Å². The van der Waals surface area contributed by atoms with Crippen molar-refractivity contribution < 1.29 is 0 Å². The minimum Gasteiger partial charge on any atom is -0.198 e. The fourth-order valence-corrected chi connectivity index (χ4v) is 0.813. The van der Waals surface area contributed by atoms with Gasteiger partial charge in [-0.05, 0) is 18.6 Å². The van der Waals surface area contributed by atoms with Crippen molar-refractivity contribution in [1.29, 1.82) is 5.26 Å². The molecule has 12 heavy (non-hydrogen) atoms. The van der Waals surface area contributed by atoms with E-state index in [1.54, 1.807) is 19.1 Å². The van der Waals surface area contributed by atoms with E-state index in [4.69, 9.17) is 28.5 Å². The third-order valence-corrected chi connectivity index (χ3v) is 1.78. The van der Waals surface area contributed by atoms with Gasteiger partial charge >= 0.3 is 0 Å². The van der Waals surface area contributed by atoms with Crippen LogP contribution in [0.2, 0.25) is 0 Å². The van der Waals surface area contributed by atoms with Gasteiger partial charge in [-0.15, -0.1) is 0 Å². The standard InChI is InChI=1S/C9H9Cl2N/c1-3-9(11)6-8(4-5-12)7(2)10/h3,6H,2,4H2,1H3/b8-6-,9-3+. The molecule has 0 aromatic rings. The van der Waals surface area contributed by atoms with Gasteiger partial charge in [0.05, 0.1) is 12.5 Å². The summed E-state index contributed by atoms with van der Waals surface area (Å²) in [6.45, 7) is 5.33. The lowest BCUT2D eigenvalue weighted by Gasteiger charge is -1.98. The monoisotopic (exact) mass is 201 g/mol. The summed E-state index contributed by atoms with van der Waals surface area (Å²) in [5, 5.41) is 9.33. The maximum absolute atomic E-state index is 8.42. The summed E-state index contributed by atoms with van der Waals surface area (Å²) in [5.74, 6) is 0. The number of nitrogens with zero attached hydrogens (tertiary/aromatic N) is 1. The van der Waals surface area contributed by atoms with Crippen LogP contribution in [0.15, 0.2) is 34.4 Å². The Balaban J connectivity index is 4.63. The molecule has 0 radical (unpaired) electrons. The zero-order valence-corrected chi connectivity index (χ0v) is 8.28. The summed E-state index contributed by atoms with van der Waals surface area (Å²) < 4.78 is 0. The van der Waals surface area contributed by atoms with Gasteiger partial charge in [-0.3, -0.25) is 0 Å². The van der Waals surface area contributed by atoms with Gasteiger partial charge in [0.15, 0.2) is 0 Å². The smallest absolute Gasteiger partial charge is 0.0670 e. The highest BCUT2D eigenvalue weighted by molar-refractivity contribution is 6.33. The van der Waals surface area contributed by atoms with Crippen molar-refractivity contribution in [3.05, 3.63) is 34.4 Å². The molecule has 1 nitrogen and oxygen atoms in total. The van der Waals surface area contributed by atoms with Crippen molar-refractivity contribution in [2.45, 2.75) is 13.3 Å². The predicted molar refractivity (Wildman–Crippen MR) is 52.9 cm³/mol. The third-order valence-electron chi connectivity index (χ3n) is 1.21. The minimum atomic E-state index is 0.229. The molecule has 0 atom stereocenters. The molecule has 0 N–H and O–H groups in total. The number of hydrogen-bond acceptors (Lipinski definition) is 1. The zero-order valence-electron chi connectivity index (χ0n) is 6.77. The molecule has 0 aromatic carbocycles. The number of rotatable bonds is 3. The summed E-state index contributed by atoms with van der Waals surface area (Å²) in [6, 6.07) is 1.98. The average molecular weight is 202 g/mol. The Morgan fingerprint density at radius 2 is 2.17 bits per heavy atom. The second kappa shape index (κ2) is 5.88. The van der Waals surface area contributed by atoms with E-state index in [9.17, 15) is 0 Å². The molecule has 0 fully saturated rings. The summed E-state index contributed by atoms with van der Waals surface area (Å²) >= 11 is 11.3. The van der Waals surface area contributed by atoms with Crippen molar-refractivity contribution in [2.75, 3.05) is 0 Å². The molecule has 3 heteroatoms. The van der Waals surface area contributed by atoms with Crippen LogP contribution in [0.4, 0.5) is 0 Å². The third kappa shape index (κ3) is 4.23. The van der Waals surface area contributed by atoms with Crippen LogP contribution < -0.4 is 0 Å². The van der Waals surface area contributed by atoms with Crippen molar-refractivity contribution in [3.8, 4) is 6.07 Å². The predicted octanol–water partition coefficient (Wildman–Crippen LogP) is 3.72. The van der Waals surface area contributed by atoms with Gasteiger partial charge in [-0.1, -0.05) is 35.9 Å². The van der Waals surface area contributed by atoms with Gasteiger partial charge in [-0.25, -0.2) is 0 Å². The van der Waals surface area contributed by atoms with Crippen LogP contribution in [0.5, 0.6) is 0 Å². The van der Waals surface area contributed by atoms with Gasteiger partial charge < -0.3 is 0 Å². The molecule has 0 aliphatic carbocycles. The molecule has 0 aliphatic heterocycles. The van der Waals surface area contributed by atoms with Gasteiger partial charge in [0.2, 0.25) is 0 Å². The van der Waals surface area contributed by atoms with E-state index < -0.39 is 0 Å². The Hall–Kier alpha value is -0.710. The normalized spacial score (nSPS) is 12.5. The van der Waals surface area contributed by atoms with E-state index in [-0.39, 0.29) is 6.42 Å². The molecular weight excluding hydrogens is 193 g/mol. The fraction of sp³-hybridized carbons (Fsp3) is 0.222. The van der Waals surface area contributed by atoms with Crippen LogP contribution in [0, 0.1) is 11.3 Å². The first-order chi connectivity index (χ1) is 5.61. The Kier molecular flexibility index (Phi) is 5.53. The highest BCUT2D eigenvalue weighted by atomic mass is 35.5. The highest BCUT2D eigenvalue weighted by Gasteiger charge is 1.99. The van der Waals surface area contributed by atoms with E-state index in [1.807, 2.05) is 6.07 Å². The second-order valence-corrected chi connectivity index (χ2v) is 2.98. The van der Waals surface area contributed by atoms with Crippen LogP contribution in [-0.2, 0) is 0 Å². The van der Waals surface area contributed by atoms with Crippen LogP contribution in [0.1, 0.15) is 13.3 Å². The second-order valence-electron chi connectivity index (χ2n) is 2.08. The minimum absolute atomic E-state index is 0.229. The Morgan fingerprint density at radius 1 is 1.58 bits per heavy atom. The number of allylic oxidation sites excluding steroid dienone is 5. The lowest BCUT2D eigenvalue weighted by Crippen LogP contribution is -1.80. The van der Waals surface area contributed by atoms with Crippen molar-refractivity contribution in [2.24, 2.45) is 0 Å². The molecule has 0 rings (SSSR count). The number of hydrogen-bond donors (Lipinski definition) is 0. The van der Waals surface area contributed by atoms with E-state index in [1.165, 1.54) is 0 Å². The van der Waals surface area contributed by atoms with Gasteiger partial charge in [-0.2, -0.15) is 5.26 Å². The molecule has 0 saturated carbocycles. The Labute approximate surface area is 82.6 Å². The summed E-state index contributed by atoms with van der Waals surface area (Å²) in [6.07, 6.45) is 3.59. The quantitative estimate of drug-likeness (QED) is 0.639. The first-order valence-electron chi connectivity index (χ1n) is 3.36. The van der Waals surface area contributed by atoms with Crippen molar-refractivity contribution in [1.82, 2.24) is 0 Å². The molecule has 0 spiro atoms. The van der Waals surface area contributed by atoms with E-state index in [0.717, 1.165) is 0 Å². The van der Waals surface area contributed by atoms with Gasteiger partial charge in [0, 0.05) is 10.1 Å². The molecule has 0 unspecified atom stereocenters. The molecular formula is C9H9Cl2N. The molecule has 0 bridgehead atoms. The largest absolute Gasteiger partial charge is 0.198 e. The summed E-state index contributed by atoms with van der Waals surface area (Å²) in [5.41, 5.74) is 0.655. The van der Waals surface area contributed by atoms with E-state index in [2.05, 4.69) is 6.58 Å². The summed E-state index contributed by atoms with van der Waals surface area (Å²) in [4.78, 5) is 0. The van der Waals surface area contributed by atoms with Crippen molar-refractivity contribution in [3.63, 3.8) is 0 Å². The van der Waals surface area contributed by atoms with Gasteiger partial charge in [0.1, 0.15) is 0 Å². The molecule has 0 aromatic heterocycles. The summed E-state index contributed by atoms with van der Waals surface area (Å²) in [7, 11) is 0. The number of halogens is 2. The maximum atomic E-state index is 8.42. The van der Waals surface area contributed by atoms with E-state index in [0.29, 0.717) is 15.6 Å². The fourth-order valence-electron chi connectivity index (χ4n) is 0.560. The maximum Gasteiger partial charge on any atom is 0.0670 e. The number of nitriles is 1. The molecule has 0 aliphatic rings. The van der Waals surface area contributed by atoms with Crippen LogP contribution >= 0.6 is 23.2 Å². The highest BCUT2D eigenvalue weighted by Crippen LogP contribution is 2.19. The molecule has 0 saturated heterocycles. The Morgan fingerprint density at radius 3 is 2.50 bits per heavy atom. The van der Waals surface area contributed by atoms with Crippen molar-refractivity contribution >= 4 is 23.2 Å².